The minimum Gasteiger partial charge on any atom is -0.497 e. The van der Waals surface area contributed by atoms with E-state index in [-0.39, 0.29) is 18.6 Å². The summed E-state index contributed by atoms with van der Waals surface area (Å²) < 4.78 is 16.1. The second-order valence-electron chi connectivity index (χ2n) is 6.86. The molecule has 1 atom stereocenters. The fourth-order valence-corrected chi connectivity index (χ4v) is 2.99. The van der Waals surface area contributed by atoms with E-state index < -0.39 is 0 Å². The maximum Gasteiger partial charge on any atom is 0.258 e. The Labute approximate surface area is 161 Å². The normalized spacial score (nSPS) is 11.8. The third-order valence-electron chi connectivity index (χ3n) is 4.51. The van der Waals surface area contributed by atoms with Crippen molar-refractivity contribution < 1.29 is 19.0 Å². The van der Waals surface area contributed by atoms with E-state index in [2.05, 4.69) is 25.2 Å². The monoisotopic (exact) mass is 371 g/mol. The summed E-state index contributed by atoms with van der Waals surface area (Å²) in [6.45, 7) is 8.22. The smallest absolute Gasteiger partial charge is 0.258 e. The molecule has 0 spiro atoms. The number of methoxy groups -OCH3 is 2. The molecule has 0 saturated heterocycles. The first-order valence-corrected chi connectivity index (χ1v) is 9.10. The molecule has 0 saturated carbocycles. The van der Waals surface area contributed by atoms with E-state index in [1.54, 1.807) is 38.5 Å². The van der Waals surface area contributed by atoms with Crippen LogP contribution >= 0.6 is 0 Å². The summed E-state index contributed by atoms with van der Waals surface area (Å²) in [4.78, 5) is 12.3. The maximum atomic E-state index is 12.3. The van der Waals surface area contributed by atoms with Crippen LogP contribution in [0.15, 0.2) is 36.4 Å². The van der Waals surface area contributed by atoms with Crippen LogP contribution in [0, 0.1) is 6.92 Å². The predicted octanol–water partition coefficient (Wildman–Crippen LogP) is 4.39. The van der Waals surface area contributed by atoms with Crippen LogP contribution in [-0.2, 0) is 4.79 Å². The first kappa shape index (κ1) is 20.6. The quantitative estimate of drug-likeness (QED) is 0.748. The number of benzene rings is 2. The van der Waals surface area contributed by atoms with Gasteiger partial charge in [0.2, 0.25) is 0 Å². The van der Waals surface area contributed by atoms with E-state index in [0.717, 1.165) is 28.2 Å². The van der Waals surface area contributed by atoms with Crippen molar-refractivity contribution in [3.8, 4) is 17.2 Å². The molecule has 0 bridgehead atoms. The lowest BCUT2D eigenvalue weighted by atomic mass is 9.93. The summed E-state index contributed by atoms with van der Waals surface area (Å²) in [5.74, 6) is 2.42. The molecule has 0 fully saturated rings. The van der Waals surface area contributed by atoms with Crippen LogP contribution in [0.2, 0.25) is 0 Å². The van der Waals surface area contributed by atoms with Crippen LogP contribution in [-0.4, -0.2) is 26.7 Å². The van der Waals surface area contributed by atoms with Crippen molar-refractivity contribution in [3.63, 3.8) is 0 Å². The highest BCUT2D eigenvalue weighted by Gasteiger charge is 2.17. The van der Waals surface area contributed by atoms with Gasteiger partial charge >= 0.3 is 0 Å². The van der Waals surface area contributed by atoms with Crippen molar-refractivity contribution in [1.29, 1.82) is 0 Å². The van der Waals surface area contributed by atoms with Gasteiger partial charge in [-0.3, -0.25) is 4.79 Å². The molecular weight excluding hydrogens is 342 g/mol. The molecule has 2 aromatic carbocycles. The van der Waals surface area contributed by atoms with Gasteiger partial charge in [0.1, 0.15) is 17.2 Å². The molecule has 0 aliphatic heterocycles. The zero-order valence-electron chi connectivity index (χ0n) is 17.0. The number of ether oxygens (including phenoxy) is 3. The van der Waals surface area contributed by atoms with E-state index in [0.29, 0.717) is 11.7 Å². The van der Waals surface area contributed by atoms with E-state index in [9.17, 15) is 4.79 Å². The summed E-state index contributed by atoms with van der Waals surface area (Å²) in [5, 5.41) is 3.00. The average Bonchev–Trinajstić information content (AvgIpc) is 2.66. The molecule has 146 valence electrons. The Morgan fingerprint density at radius 1 is 0.963 bits per heavy atom. The van der Waals surface area contributed by atoms with E-state index >= 15 is 0 Å². The minimum atomic E-state index is -0.167. The molecule has 2 aromatic rings. The molecule has 2 rings (SSSR count). The largest absolute Gasteiger partial charge is 0.497 e. The zero-order chi connectivity index (χ0) is 20.0. The van der Waals surface area contributed by atoms with Crippen LogP contribution < -0.4 is 19.5 Å². The molecule has 5 nitrogen and oxygen atoms in total. The maximum absolute atomic E-state index is 12.3. The minimum absolute atomic E-state index is 0.0388. The number of nitrogens with one attached hydrogen (secondary N) is 1. The molecule has 0 heterocycles. The molecule has 27 heavy (non-hydrogen) atoms. The predicted molar refractivity (Wildman–Crippen MR) is 107 cm³/mol. The van der Waals surface area contributed by atoms with Crippen molar-refractivity contribution in [2.24, 2.45) is 0 Å². The molecular formula is C22H29NO4. The lowest BCUT2D eigenvalue weighted by molar-refractivity contribution is -0.123. The topological polar surface area (TPSA) is 56.8 Å². The van der Waals surface area contributed by atoms with Crippen molar-refractivity contribution >= 4 is 5.91 Å². The SMILES string of the molecule is COc1ccc(OCC(=O)N[C@H](C)c2cc(C(C)C)c(OC)cc2C)cc1. The Bertz CT molecular complexity index is 769. The van der Waals surface area contributed by atoms with Crippen LogP contribution in [0.5, 0.6) is 17.2 Å². The lowest BCUT2D eigenvalue weighted by Gasteiger charge is -2.21. The number of carbonyl (C=O) groups excluding carboxylic acids is 1. The zero-order valence-corrected chi connectivity index (χ0v) is 17.0. The number of rotatable bonds is 8. The van der Waals surface area contributed by atoms with E-state index in [1.807, 2.05) is 19.9 Å². The first-order valence-electron chi connectivity index (χ1n) is 9.10. The van der Waals surface area contributed by atoms with Crippen molar-refractivity contribution in [1.82, 2.24) is 5.32 Å². The van der Waals surface area contributed by atoms with Gasteiger partial charge in [-0.1, -0.05) is 13.8 Å². The molecule has 0 aliphatic rings. The van der Waals surface area contributed by atoms with Gasteiger partial charge in [-0.15, -0.1) is 0 Å². The number of hydrogen-bond acceptors (Lipinski definition) is 4. The highest BCUT2D eigenvalue weighted by Crippen LogP contribution is 2.32. The highest BCUT2D eigenvalue weighted by molar-refractivity contribution is 5.78. The molecule has 0 aromatic heterocycles. The Morgan fingerprint density at radius 2 is 1.59 bits per heavy atom. The van der Waals surface area contributed by atoms with Gasteiger partial charge in [0, 0.05) is 0 Å². The molecule has 1 N–H and O–H groups in total. The van der Waals surface area contributed by atoms with Crippen LogP contribution in [0.3, 0.4) is 0 Å². The summed E-state index contributed by atoms with van der Waals surface area (Å²) in [6, 6.07) is 11.2. The molecule has 0 unspecified atom stereocenters. The standard InChI is InChI=1S/C22H29NO4/c1-14(2)19-12-20(15(3)11-21(19)26-6)16(4)23-22(24)13-27-18-9-7-17(25-5)8-10-18/h7-12,14,16H,13H2,1-6H3,(H,23,24)/t16-/m1/s1. The number of aryl methyl sites for hydroxylation is 1. The summed E-state index contributed by atoms with van der Waals surface area (Å²) in [7, 11) is 3.29. The van der Waals surface area contributed by atoms with Gasteiger partial charge in [-0.2, -0.15) is 0 Å². The van der Waals surface area contributed by atoms with E-state index in [4.69, 9.17) is 14.2 Å². The van der Waals surface area contributed by atoms with E-state index in [1.165, 1.54) is 0 Å². The molecule has 1 amide bonds. The van der Waals surface area contributed by atoms with Crippen LogP contribution in [0.4, 0.5) is 0 Å². The summed E-state index contributed by atoms with van der Waals surface area (Å²) >= 11 is 0. The average molecular weight is 371 g/mol. The van der Waals surface area contributed by atoms with Gasteiger partial charge in [0.15, 0.2) is 6.61 Å². The second kappa shape index (κ2) is 9.31. The lowest BCUT2D eigenvalue weighted by Crippen LogP contribution is -2.31. The molecule has 5 heteroatoms. The number of hydrogen-bond donors (Lipinski definition) is 1. The van der Waals surface area contributed by atoms with Crippen molar-refractivity contribution in [2.45, 2.75) is 39.7 Å². The summed E-state index contributed by atoms with van der Waals surface area (Å²) in [6.07, 6.45) is 0. The third-order valence-corrected chi connectivity index (χ3v) is 4.51. The Kier molecular flexibility index (Phi) is 7.11. The van der Waals surface area contributed by atoms with Gasteiger partial charge in [0.25, 0.3) is 5.91 Å². The summed E-state index contributed by atoms with van der Waals surface area (Å²) in [5.41, 5.74) is 3.30. The Balaban J connectivity index is 2.01. The molecule has 0 radical (unpaired) electrons. The number of carbonyl (C=O) groups is 1. The second-order valence-corrected chi connectivity index (χ2v) is 6.86. The van der Waals surface area contributed by atoms with Crippen LogP contribution in [0.25, 0.3) is 0 Å². The van der Waals surface area contributed by atoms with Crippen molar-refractivity contribution in [3.05, 3.63) is 53.1 Å². The fourth-order valence-electron chi connectivity index (χ4n) is 2.99. The Hall–Kier alpha value is -2.69. The third kappa shape index (κ3) is 5.39. The van der Waals surface area contributed by atoms with Crippen LogP contribution in [0.1, 0.15) is 49.4 Å². The van der Waals surface area contributed by atoms with Crippen molar-refractivity contribution in [2.75, 3.05) is 20.8 Å². The van der Waals surface area contributed by atoms with Gasteiger partial charge in [0.05, 0.1) is 20.3 Å². The van der Waals surface area contributed by atoms with Gasteiger partial charge in [-0.05, 0) is 72.9 Å². The fraction of sp³-hybridized carbons (Fsp3) is 0.409. The first-order chi connectivity index (χ1) is 12.8. The molecule has 0 aliphatic carbocycles. The number of amides is 1. The Morgan fingerprint density at radius 3 is 2.15 bits per heavy atom. The van der Waals surface area contributed by atoms with Gasteiger partial charge in [-0.25, -0.2) is 0 Å². The van der Waals surface area contributed by atoms with Gasteiger partial charge < -0.3 is 19.5 Å². The highest BCUT2D eigenvalue weighted by atomic mass is 16.5.